The maximum Gasteiger partial charge on any atom is 0.0998 e. The Bertz CT molecular complexity index is 809. The fourth-order valence-electron chi connectivity index (χ4n) is 2.13. The van der Waals surface area contributed by atoms with Crippen LogP contribution in [0.25, 0.3) is 22.6 Å². The molecule has 0 aliphatic heterocycles. The van der Waals surface area contributed by atoms with Crippen molar-refractivity contribution in [2.75, 3.05) is 0 Å². The molecule has 3 rings (SSSR count). The summed E-state index contributed by atoms with van der Waals surface area (Å²) in [6, 6.07) is 15.7. The van der Waals surface area contributed by atoms with Gasteiger partial charge in [-0.25, -0.2) is 0 Å². The fraction of sp³-hybridized carbons (Fsp3) is 0. The number of allylic oxidation sites excluding steroid dienone is 1. The molecule has 3 heteroatoms. The Morgan fingerprint density at radius 2 is 1.80 bits per heavy atom. The van der Waals surface area contributed by atoms with Crippen molar-refractivity contribution in [3.8, 4) is 6.07 Å². The summed E-state index contributed by atoms with van der Waals surface area (Å²) in [5.41, 5.74) is 3.36. The molecule has 0 fully saturated rings. The first-order valence-corrected chi connectivity index (χ1v) is 6.24. The van der Waals surface area contributed by atoms with E-state index in [1.807, 2.05) is 48.5 Å². The SMILES string of the molecule is N#CC(=Cc1ccncc1)c1ccnc2ccccc12. The third-order valence-electron chi connectivity index (χ3n) is 3.08. The van der Waals surface area contributed by atoms with Crippen LogP contribution in [0.1, 0.15) is 11.1 Å². The van der Waals surface area contributed by atoms with Crippen molar-refractivity contribution in [2.45, 2.75) is 0 Å². The van der Waals surface area contributed by atoms with Gasteiger partial charge in [-0.05, 0) is 35.9 Å². The Balaban J connectivity index is 2.18. The lowest BCUT2D eigenvalue weighted by molar-refractivity contribution is 1.32. The summed E-state index contributed by atoms with van der Waals surface area (Å²) < 4.78 is 0. The number of pyridine rings is 2. The molecule has 0 radical (unpaired) electrons. The molecule has 2 aromatic heterocycles. The number of aromatic nitrogens is 2. The van der Waals surface area contributed by atoms with Crippen LogP contribution in [0.4, 0.5) is 0 Å². The van der Waals surface area contributed by atoms with E-state index in [1.54, 1.807) is 18.6 Å². The molecule has 3 aromatic rings. The number of rotatable bonds is 2. The minimum Gasteiger partial charge on any atom is -0.265 e. The minimum atomic E-state index is 0.620. The lowest BCUT2D eigenvalue weighted by Gasteiger charge is -2.04. The van der Waals surface area contributed by atoms with E-state index in [-0.39, 0.29) is 0 Å². The van der Waals surface area contributed by atoms with Gasteiger partial charge in [-0.2, -0.15) is 5.26 Å². The van der Waals surface area contributed by atoms with Crippen LogP contribution in [0.5, 0.6) is 0 Å². The number of nitrogens with zero attached hydrogens (tertiary/aromatic N) is 3. The van der Waals surface area contributed by atoms with Gasteiger partial charge in [0.05, 0.1) is 17.2 Å². The van der Waals surface area contributed by atoms with Crippen LogP contribution in [0.2, 0.25) is 0 Å². The van der Waals surface area contributed by atoms with Crippen LogP contribution in [0.15, 0.2) is 61.1 Å². The molecule has 3 nitrogen and oxygen atoms in total. The second-order valence-corrected chi connectivity index (χ2v) is 4.33. The van der Waals surface area contributed by atoms with Crippen molar-refractivity contribution >= 4 is 22.6 Å². The molecule has 0 spiro atoms. The third-order valence-corrected chi connectivity index (χ3v) is 3.08. The maximum atomic E-state index is 9.45. The summed E-state index contributed by atoms with van der Waals surface area (Å²) >= 11 is 0. The van der Waals surface area contributed by atoms with E-state index in [2.05, 4.69) is 16.0 Å². The minimum absolute atomic E-state index is 0.620. The Kier molecular flexibility index (Phi) is 3.22. The van der Waals surface area contributed by atoms with E-state index >= 15 is 0 Å². The van der Waals surface area contributed by atoms with Gasteiger partial charge >= 0.3 is 0 Å². The zero-order valence-electron chi connectivity index (χ0n) is 10.7. The topological polar surface area (TPSA) is 49.6 Å². The van der Waals surface area contributed by atoms with Gasteiger partial charge in [-0.15, -0.1) is 0 Å². The highest BCUT2D eigenvalue weighted by Crippen LogP contribution is 2.24. The highest BCUT2D eigenvalue weighted by Gasteiger charge is 2.06. The molecule has 94 valence electrons. The van der Waals surface area contributed by atoms with Crippen molar-refractivity contribution in [1.29, 1.82) is 5.26 Å². The molecule has 0 saturated heterocycles. The number of benzene rings is 1. The van der Waals surface area contributed by atoms with Gasteiger partial charge in [-0.1, -0.05) is 18.2 Å². The first-order chi connectivity index (χ1) is 9.88. The first kappa shape index (κ1) is 12.1. The number of para-hydroxylation sites is 1. The van der Waals surface area contributed by atoms with E-state index in [4.69, 9.17) is 0 Å². The monoisotopic (exact) mass is 257 g/mol. The van der Waals surface area contributed by atoms with Crippen LogP contribution in [-0.4, -0.2) is 9.97 Å². The van der Waals surface area contributed by atoms with E-state index in [0.29, 0.717) is 5.57 Å². The number of fused-ring (bicyclic) bond motifs is 1. The van der Waals surface area contributed by atoms with E-state index in [1.165, 1.54) is 0 Å². The number of hydrogen-bond acceptors (Lipinski definition) is 3. The Morgan fingerprint density at radius 3 is 2.60 bits per heavy atom. The molecular formula is C17H11N3. The second-order valence-electron chi connectivity index (χ2n) is 4.33. The smallest absolute Gasteiger partial charge is 0.0998 e. The third kappa shape index (κ3) is 2.27. The maximum absolute atomic E-state index is 9.45. The van der Waals surface area contributed by atoms with Crippen molar-refractivity contribution in [1.82, 2.24) is 9.97 Å². The van der Waals surface area contributed by atoms with Crippen LogP contribution < -0.4 is 0 Å². The number of nitriles is 1. The highest BCUT2D eigenvalue weighted by atomic mass is 14.6. The molecule has 20 heavy (non-hydrogen) atoms. The van der Waals surface area contributed by atoms with Gasteiger partial charge in [0.1, 0.15) is 0 Å². The van der Waals surface area contributed by atoms with E-state index < -0.39 is 0 Å². The molecule has 0 unspecified atom stereocenters. The van der Waals surface area contributed by atoms with Crippen LogP contribution in [-0.2, 0) is 0 Å². The lowest BCUT2D eigenvalue weighted by Crippen LogP contribution is -1.87. The van der Waals surface area contributed by atoms with Crippen LogP contribution in [0.3, 0.4) is 0 Å². The summed E-state index contributed by atoms with van der Waals surface area (Å²) in [7, 11) is 0. The average Bonchev–Trinajstić information content (AvgIpc) is 2.53. The van der Waals surface area contributed by atoms with Gasteiger partial charge in [0, 0.05) is 29.5 Å². The van der Waals surface area contributed by atoms with Gasteiger partial charge in [0.2, 0.25) is 0 Å². The number of hydrogen-bond donors (Lipinski definition) is 0. The summed E-state index contributed by atoms with van der Waals surface area (Å²) in [6.45, 7) is 0. The predicted molar refractivity (Wildman–Crippen MR) is 79.5 cm³/mol. The zero-order chi connectivity index (χ0) is 13.8. The molecule has 0 N–H and O–H groups in total. The molecule has 0 bridgehead atoms. The van der Waals surface area contributed by atoms with Gasteiger partial charge < -0.3 is 0 Å². The predicted octanol–water partition coefficient (Wildman–Crippen LogP) is 3.69. The quantitative estimate of drug-likeness (QED) is 0.658. The van der Waals surface area contributed by atoms with Gasteiger partial charge in [0.15, 0.2) is 0 Å². The molecule has 0 atom stereocenters. The summed E-state index contributed by atoms with van der Waals surface area (Å²) in [4.78, 5) is 8.30. The molecule has 1 aromatic carbocycles. The largest absolute Gasteiger partial charge is 0.265 e. The zero-order valence-corrected chi connectivity index (χ0v) is 10.7. The van der Waals surface area contributed by atoms with E-state index in [0.717, 1.165) is 22.0 Å². The molecule has 0 saturated carbocycles. The lowest BCUT2D eigenvalue weighted by atomic mass is 10.0. The summed E-state index contributed by atoms with van der Waals surface area (Å²) in [5.74, 6) is 0. The highest BCUT2D eigenvalue weighted by molar-refractivity contribution is 6.00. The van der Waals surface area contributed by atoms with Crippen molar-refractivity contribution < 1.29 is 0 Å². The van der Waals surface area contributed by atoms with E-state index in [9.17, 15) is 5.26 Å². The average molecular weight is 257 g/mol. The molecule has 0 amide bonds. The van der Waals surface area contributed by atoms with Crippen LogP contribution >= 0.6 is 0 Å². The molecule has 0 aliphatic rings. The molecule has 0 aliphatic carbocycles. The standard InChI is InChI=1S/C17H11N3/c18-12-14(11-13-5-8-19-9-6-13)15-7-10-20-17-4-2-1-3-16(15)17/h1-11H. The van der Waals surface area contributed by atoms with Gasteiger partial charge in [0.25, 0.3) is 0 Å². The van der Waals surface area contributed by atoms with Crippen molar-refractivity contribution in [3.05, 3.63) is 72.2 Å². The Labute approximate surface area is 116 Å². The van der Waals surface area contributed by atoms with Crippen LogP contribution in [0, 0.1) is 11.3 Å². The molecule has 2 heterocycles. The van der Waals surface area contributed by atoms with Crippen molar-refractivity contribution in [2.24, 2.45) is 0 Å². The summed E-state index contributed by atoms with van der Waals surface area (Å²) in [5, 5.41) is 10.4. The first-order valence-electron chi connectivity index (χ1n) is 6.24. The Morgan fingerprint density at radius 1 is 1.00 bits per heavy atom. The Hall–Kier alpha value is -2.99. The second kappa shape index (κ2) is 5.33. The van der Waals surface area contributed by atoms with Crippen molar-refractivity contribution in [3.63, 3.8) is 0 Å². The summed E-state index contributed by atoms with van der Waals surface area (Å²) in [6.07, 6.45) is 7.02. The fourth-order valence-corrected chi connectivity index (χ4v) is 2.13. The van der Waals surface area contributed by atoms with Gasteiger partial charge in [-0.3, -0.25) is 9.97 Å². The normalized spacial score (nSPS) is 11.2. The molecular weight excluding hydrogens is 246 g/mol.